The average Bonchev–Trinajstić information content (AvgIpc) is 2.63. The summed E-state index contributed by atoms with van der Waals surface area (Å²) in [5.74, 6) is -2.84. The number of aliphatic hydroxyl groups is 8. The summed E-state index contributed by atoms with van der Waals surface area (Å²) in [5, 5.41) is 78.6. The monoisotopic (exact) mass is 352 g/mol. The van der Waals surface area contributed by atoms with Crippen LogP contribution in [-0.2, 0) is 9.59 Å². The fraction of sp³-hybridized carbons (Fsp3) is 0.857. The Hall–Kier alpha value is -0.980. The lowest BCUT2D eigenvalue weighted by molar-refractivity contribution is -0.266. The minimum Gasteiger partial charge on any atom is -0.396 e. The molecule has 0 heterocycles. The van der Waals surface area contributed by atoms with Crippen LogP contribution in [0, 0.1) is 21.7 Å². The van der Waals surface area contributed by atoms with Gasteiger partial charge in [0, 0.05) is 10.8 Å². The molecule has 1 fully saturated rings. The van der Waals surface area contributed by atoms with E-state index in [0.29, 0.717) is 0 Å². The van der Waals surface area contributed by atoms with Crippen LogP contribution in [0.3, 0.4) is 0 Å². The molecule has 0 aromatic carbocycles. The summed E-state index contributed by atoms with van der Waals surface area (Å²) in [7, 11) is 0. The summed E-state index contributed by atoms with van der Waals surface area (Å²) in [4.78, 5) is 25.2. The zero-order valence-electron chi connectivity index (χ0n) is 13.1. The highest BCUT2D eigenvalue weighted by atomic mass is 16.3. The lowest BCUT2D eigenvalue weighted by Gasteiger charge is -2.64. The maximum atomic E-state index is 12.6. The van der Waals surface area contributed by atoms with E-state index in [1.807, 2.05) is 0 Å². The fourth-order valence-corrected chi connectivity index (χ4v) is 4.09. The Morgan fingerprint density at radius 1 is 0.458 bits per heavy atom. The number of aliphatic hydroxyl groups excluding tert-OH is 8. The average molecular weight is 352 g/mol. The first-order valence-corrected chi connectivity index (χ1v) is 7.27. The molecule has 0 atom stereocenters. The van der Waals surface area contributed by atoms with Gasteiger partial charge in [0.15, 0.2) is 0 Å². The van der Waals surface area contributed by atoms with Crippen molar-refractivity contribution in [3.8, 4) is 0 Å². The molecule has 0 amide bonds. The minimum atomic E-state index is -2.42. The Morgan fingerprint density at radius 2 is 0.667 bits per heavy atom. The van der Waals surface area contributed by atoms with Gasteiger partial charge in [0.1, 0.15) is 0 Å². The van der Waals surface area contributed by atoms with Gasteiger partial charge in [-0.1, -0.05) is 0 Å². The van der Waals surface area contributed by atoms with Gasteiger partial charge >= 0.3 is 0 Å². The van der Waals surface area contributed by atoms with E-state index in [1.54, 1.807) is 0 Å². The quantitative estimate of drug-likeness (QED) is 0.196. The van der Waals surface area contributed by atoms with Gasteiger partial charge in [-0.15, -0.1) is 0 Å². The summed E-state index contributed by atoms with van der Waals surface area (Å²) >= 11 is 0. The standard InChI is InChI=1S/C14H24O10/c15-1-11(2-16)9(23)10(24)12(3-17,4-18)14(7-21,8-22)13(11,5-19)6-20/h15-22H,1-8H2. The molecule has 10 nitrogen and oxygen atoms in total. The molecule has 140 valence electrons. The number of hydrogen-bond donors (Lipinski definition) is 8. The van der Waals surface area contributed by atoms with E-state index in [9.17, 15) is 50.4 Å². The van der Waals surface area contributed by atoms with Crippen LogP contribution >= 0.6 is 0 Å². The van der Waals surface area contributed by atoms with Gasteiger partial charge in [0.05, 0.1) is 63.7 Å². The van der Waals surface area contributed by atoms with E-state index < -0.39 is 86.1 Å². The molecule has 8 N–H and O–H groups in total. The largest absolute Gasteiger partial charge is 0.396 e. The lowest BCUT2D eigenvalue weighted by Crippen LogP contribution is -2.79. The Kier molecular flexibility index (Phi) is 6.23. The molecule has 0 aromatic heterocycles. The molecule has 1 saturated carbocycles. The van der Waals surface area contributed by atoms with Crippen LogP contribution < -0.4 is 0 Å². The third-order valence-corrected chi connectivity index (χ3v) is 5.98. The highest BCUT2D eigenvalue weighted by Gasteiger charge is 2.78. The molecule has 0 aliphatic heterocycles. The van der Waals surface area contributed by atoms with Crippen molar-refractivity contribution < 1.29 is 50.4 Å². The van der Waals surface area contributed by atoms with Gasteiger partial charge in [-0.05, 0) is 0 Å². The van der Waals surface area contributed by atoms with Crippen molar-refractivity contribution in [3.05, 3.63) is 0 Å². The first kappa shape index (κ1) is 21.1. The summed E-state index contributed by atoms with van der Waals surface area (Å²) in [5.41, 5.74) is -9.45. The van der Waals surface area contributed by atoms with Gasteiger partial charge in [-0.2, -0.15) is 0 Å². The molecular weight excluding hydrogens is 328 g/mol. The van der Waals surface area contributed by atoms with E-state index >= 15 is 0 Å². The fourth-order valence-electron chi connectivity index (χ4n) is 4.09. The van der Waals surface area contributed by atoms with Crippen LogP contribution in [0.1, 0.15) is 0 Å². The van der Waals surface area contributed by atoms with E-state index in [2.05, 4.69) is 0 Å². The molecule has 0 bridgehead atoms. The van der Waals surface area contributed by atoms with Crippen molar-refractivity contribution in [2.24, 2.45) is 21.7 Å². The van der Waals surface area contributed by atoms with Crippen LogP contribution in [-0.4, -0.2) is 105 Å². The van der Waals surface area contributed by atoms with Gasteiger partial charge in [0.25, 0.3) is 0 Å². The van der Waals surface area contributed by atoms with Gasteiger partial charge in [-0.25, -0.2) is 0 Å². The summed E-state index contributed by atoms with van der Waals surface area (Å²) in [6.07, 6.45) is 0. The molecule has 0 unspecified atom stereocenters. The molecule has 10 heteroatoms. The van der Waals surface area contributed by atoms with Crippen molar-refractivity contribution in [2.75, 3.05) is 52.9 Å². The molecule has 0 aromatic rings. The van der Waals surface area contributed by atoms with Crippen molar-refractivity contribution in [2.45, 2.75) is 0 Å². The number of Topliss-reactive ketones (excluding diaryl/α,β-unsaturated/α-hetero) is 2. The van der Waals surface area contributed by atoms with Crippen LogP contribution in [0.2, 0.25) is 0 Å². The third kappa shape index (κ3) is 1.93. The Morgan fingerprint density at radius 3 is 0.792 bits per heavy atom. The normalized spacial score (nSPS) is 24.2. The SMILES string of the molecule is O=C1C(=O)C(CO)(CO)C(CO)(CO)C(CO)(CO)C1(CO)CO. The van der Waals surface area contributed by atoms with Crippen LogP contribution in [0.15, 0.2) is 0 Å². The lowest BCUT2D eigenvalue weighted by atomic mass is 9.37. The molecule has 1 aliphatic rings. The van der Waals surface area contributed by atoms with E-state index in [1.165, 1.54) is 0 Å². The topological polar surface area (TPSA) is 196 Å². The second-order valence-corrected chi connectivity index (χ2v) is 6.25. The van der Waals surface area contributed by atoms with E-state index in [-0.39, 0.29) is 0 Å². The molecular formula is C14H24O10. The van der Waals surface area contributed by atoms with Crippen molar-refractivity contribution >= 4 is 11.6 Å². The summed E-state index contributed by atoms with van der Waals surface area (Å²) in [6.45, 7) is -9.24. The zero-order chi connectivity index (χ0) is 18.8. The molecule has 0 saturated heterocycles. The minimum absolute atomic E-state index is 1.13. The van der Waals surface area contributed by atoms with Crippen molar-refractivity contribution in [3.63, 3.8) is 0 Å². The van der Waals surface area contributed by atoms with Crippen LogP contribution in [0.5, 0.6) is 0 Å². The number of carbonyl (C=O) groups is 2. The number of carbonyl (C=O) groups excluding carboxylic acids is 2. The smallest absolute Gasteiger partial charge is 0.210 e. The number of ketones is 2. The number of hydrogen-bond acceptors (Lipinski definition) is 10. The second kappa shape index (κ2) is 7.10. The Bertz CT molecular complexity index is 428. The van der Waals surface area contributed by atoms with Gasteiger partial charge in [0.2, 0.25) is 11.6 Å². The van der Waals surface area contributed by atoms with E-state index in [0.717, 1.165) is 0 Å². The third-order valence-electron chi connectivity index (χ3n) is 5.98. The van der Waals surface area contributed by atoms with Crippen molar-refractivity contribution in [1.29, 1.82) is 0 Å². The van der Waals surface area contributed by atoms with Crippen LogP contribution in [0.4, 0.5) is 0 Å². The maximum Gasteiger partial charge on any atom is 0.210 e. The molecule has 1 rings (SSSR count). The second-order valence-electron chi connectivity index (χ2n) is 6.25. The summed E-state index contributed by atoms with van der Waals surface area (Å²) < 4.78 is 0. The highest BCUT2D eigenvalue weighted by molar-refractivity contribution is 6.42. The summed E-state index contributed by atoms with van der Waals surface area (Å²) in [6, 6.07) is 0. The first-order chi connectivity index (χ1) is 11.3. The molecule has 0 spiro atoms. The van der Waals surface area contributed by atoms with Gasteiger partial charge < -0.3 is 40.9 Å². The predicted octanol–water partition coefficient (Wildman–Crippen LogP) is -4.98. The Labute approximate surface area is 137 Å². The highest BCUT2D eigenvalue weighted by Crippen LogP contribution is 2.63. The first-order valence-electron chi connectivity index (χ1n) is 7.27. The zero-order valence-corrected chi connectivity index (χ0v) is 13.1. The molecule has 24 heavy (non-hydrogen) atoms. The van der Waals surface area contributed by atoms with Gasteiger partial charge in [-0.3, -0.25) is 9.59 Å². The Balaban J connectivity index is 4.04. The number of rotatable bonds is 8. The van der Waals surface area contributed by atoms with E-state index in [4.69, 9.17) is 0 Å². The molecule has 0 radical (unpaired) electrons. The maximum absolute atomic E-state index is 12.6. The predicted molar refractivity (Wildman–Crippen MR) is 76.4 cm³/mol. The van der Waals surface area contributed by atoms with Crippen molar-refractivity contribution in [1.82, 2.24) is 0 Å². The van der Waals surface area contributed by atoms with Crippen LogP contribution in [0.25, 0.3) is 0 Å². The molecule has 1 aliphatic carbocycles.